The number of aromatic nitrogens is 1. The molecule has 0 aliphatic rings. The van der Waals surface area contributed by atoms with Crippen LogP contribution in [0.4, 0.5) is 0 Å². The molecule has 0 bridgehead atoms. The molecular formula is C15H16N4. The summed E-state index contributed by atoms with van der Waals surface area (Å²) in [5.74, 6) is 0. The van der Waals surface area contributed by atoms with E-state index in [1.807, 2.05) is 30.5 Å². The summed E-state index contributed by atoms with van der Waals surface area (Å²) in [6.07, 6.45) is 4.22. The molecular weight excluding hydrogens is 236 g/mol. The van der Waals surface area contributed by atoms with Crippen LogP contribution in [0.25, 0.3) is 10.4 Å². The highest BCUT2D eigenvalue weighted by Crippen LogP contribution is 2.26. The van der Waals surface area contributed by atoms with Crippen LogP contribution < -0.4 is 0 Å². The minimum Gasteiger partial charge on any atom is -0.264 e. The lowest BCUT2D eigenvalue weighted by Crippen LogP contribution is -2.03. The Balaban J connectivity index is 2.35. The molecule has 1 unspecified atom stereocenters. The molecule has 4 heteroatoms. The molecule has 0 fully saturated rings. The van der Waals surface area contributed by atoms with Crippen LogP contribution in [0, 0.1) is 13.8 Å². The third kappa shape index (κ3) is 3.12. The van der Waals surface area contributed by atoms with E-state index in [2.05, 4.69) is 34.9 Å². The van der Waals surface area contributed by atoms with E-state index >= 15 is 0 Å². The largest absolute Gasteiger partial charge is 0.264 e. The number of benzene rings is 1. The first-order valence-corrected chi connectivity index (χ1v) is 6.21. The molecule has 2 rings (SSSR count). The van der Waals surface area contributed by atoms with E-state index in [1.165, 1.54) is 11.1 Å². The first-order chi connectivity index (χ1) is 9.22. The number of aryl methyl sites for hydroxylation is 1. The van der Waals surface area contributed by atoms with Gasteiger partial charge in [0.2, 0.25) is 0 Å². The first-order valence-electron chi connectivity index (χ1n) is 6.21. The van der Waals surface area contributed by atoms with E-state index in [4.69, 9.17) is 5.53 Å². The van der Waals surface area contributed by atoms with Crippen molar-refractivity contribution in [3.63, 3.8) is 0 Å². The van der Waals surface area contributed by atoms with Crippen molar-refractivity contribution in [3.05, 3.63) is 75.4 Å². The third-order valence-electron chi connectivity index (χ3n) is 3.35. The molecule has 0 aliphatic carbocycles. The molecule has 1 aromatic heterocycles. The van der Waals surface area contributed by atoms with Crippen LogP contribution in [0.2, 0.25) is 0 Å². The smallest absolute Gasteiger partial charge is 0.0668 e. The molecule has 96 valence electrons. The fourth-order valence-electron chi connectivity index (χ4n) is 2.15. The Labute approximate surface area is 112 Å². The fraction of sp³-hybridized carbons (Fsp3) is 0.267. The Morgan fingerprint density at radius 2 is 2.11 bits per heavy atom. The molecule has 0 saturated heterocycles. The van der Waals surface area contributed by atoms with Gasteiger partial charge in [0.15, 0.2) is 0 Å². The van der Waals surface area contributed by atoms with Gasteiger partial charge in [0.25, 0.3) is 0 Å². The Bertz CT molecular complexity index is 601. The molecule has 2 aromatic rings. The number of pyridine rings is 1. The second-order valence-corrected chi connectivity index (χ2v) is 4.58. The van der Waals surface area contributed by atoms with Crippen molar-refractivity contribution in [1.82, 2.24) is 4.98 Å². The van der Waals surface area contributed by atoms with Crippen LogP contribution in [0.5, 0.6) is 0 Å². The van der Waals surface area contributed by atoms with Gasteiger partial charge in [0.05, 0.1) is 6.04 Å². The van der Waals surface area contributed by atoms with Crippen LogP contribution in [0.1, 0.15) is 28.3 Å². The highest BCUT2D eigenvalue weighted by atomic mass is 15.1. The summed E-state index contributed by atoms with van der Waals surface area (Å²) in [4.78, 5) is 7.08. The van der Waals surface area contributed by atoms with Gasteiger partial charge in [-0.3, -0.25) is 4.98 Å². The maximum Gasteiger partial charge on any atom is 0.0668 e. The van der Waals surface area contributed by atoms with E-state index in [-0.39, 0.29) is 6.04 Å². The third-order valence-corrected chi connectivity index (χ3v) is 3.35. The van der Waals surface area contributed by atoms with Gasteiger partial charge >= 0.3 is 0 Å². The van der Waals surface area contributed by atoms with E-state index in [9.17, 15) is 0 Å². The van der Waals surface area contributed by atoms with E-state index in [1.54, 1.807) is 6.20 Å². The van der Waals surface area contributed by atoms with Gasteiger partial charge in [-0.05, 0) is 54.1 Å². The summed E-state index contributed by atoms with van der Waals surface area (Å²) < 4.78 is 0. The molecule has 4 nitrogen and oxygen atoms in total. The molecule has 0 amide bonds. The van der Waals surface area contributed by atoms with Crippen molar-refractivity contribution in [2.24, 2.45) is 5.11 Å². The van der Waals surface area contributed by atoms with Crippen LogP contribution >= 0.6 is 0 Å². The topological polar surface area (TPSA) is 61.7 Å². The number of rotatable bonds is 4. The SMILES string of the molecule is Cc1cccc(C(Cc2cccnc2)N=[N+]=[N-])c1C. The monoisotopic (exact) mass is 252 g/mol. The van der Waals surface area contributed by atoms with Gasteiger partial charge in [-0.2, -0.15) is 0 Å². The maximum absolute atomic E-state index is 8.78. The number of hydrogen-bond donors (Lipinski definition) is 0. The molecule has 0 saturated carbocycles. The molecule has 0 radical (unpaired) electrons. The summed E-state index contributed by atoms with van der Waals surface area (Å²) in [6.45, 7) is 4.13. The Kier molecular flexibility index (Phi) is 4.16. The predicted octanol–water partition coefficient (Wildman–Crippen LogP) is 4.29. The lowest BCUT2D eigenvalue weighted by atomic mass is 9.94. The number of azide groups is 1. The van der Waals surface area contributed by atoms with Crippen molar-refractivity contribution in [3.8, 4) is 0 Å². The van der Waals surface area contributed by atoms with Crippen LogP contribution in [0.3, 0.4) is 0 Å². The minimum atomic E-state index is -0.186. The van der Waals surface area contributed by atoms with Gasteiger partial charge in [-0.25, -0.2) is 0 Å². The summed E-state index contributed by atoms with van der Waals surface area (Å²) in [6, 6.07) is 9.80. The average Bonchev–Trinajstić information content (AvgIpc) is 2.43. The standard InChI is InChI=1S/C15H16N4/c1-11-5-3-7-14(12(11)2)15(18-19-16)9-13-6-4-8-17-10-13/h3-8,10,15H,9H2,1-2H3. The zero-order valence-electron chi connectivity index (χ0n) is 11.1. The van der Waals surface area contributed by atoms with Gasteiger partial charge < -0.3 is 0 Å². The van der Waals surface area contributed by atoms with Crippen molar-refractivity contribution in [2.75, 3.05) is 0 Å². The molecule has 0 aliphatic heterocycles. The summed E-state index contributed by atoms with van der Waals surface area (Å²) >= 11 is 0. The second-order valence-electron chi connectivity index (χ2n) is 4.58. The van der Waals surface area contributed by atoms with Gasteiger partial charge in [0.1, 0.15) is 0 Å². The highest BCUT2D eigenvalue weighted by Gasteiger charge is 2.13. The zero-order valence-corrected chi connectivity index (χ0v) is 11.1. The fourth-order valence-corrected chi connectivity index (χ4v) is 2.15. The molecule has 19 heavy (non-hydrogen) atoms. The molecule has 1 heterocycles. The normalized spacial score (nSPS) is 11.7. The highest BCUT2D eigenvalue weighted by molar-refractivity contribution is 5.36. The molecule has 0 spiro atoms. The molecule has 1 aromatic carbocycles. The van der Waals surface area contributed by atoms with Crippen molar-refractivity contribution in [2.45, 2.75) is 26.3 Å². The van der Waals surface area contributed by atoms with Crippen LogP contribution in [-0.4, -0.2) is 4.98 Å². The summed E-state index contributed by atoms with van der Waals surface area (Å²) in [5, 5.41) is 3.94. The first kappa shape index (κ1) is 13.1. The van der Waals surface area contributed by atoms with Crippen molar-refractivity contribution >= 4 is 0 Å². The van der Waals surface area contributed by atoms with E-state index < -0.39 is 0 Å². The molecule has 1 atom stereocenters. The minimum absolute atomic E-state index is 0.186. The van der Waals surface area contributed by atoms with Crippen LogP contribution in [0.15, 0.2) is 47.8 Å². The van der Waals surface area contributed by atoms with Crippen molar-refractivity contribution < 1.29 is 0 Å². The van der Waals surface area contributed by atoms with E-state index in [0.29, 0.717) is 6.42 Å². The summed E-state index contributed by atoms with van der Waals surface area (Å²) in [7, 11) is 0. The van der Waals surface area contributed by atoms with Gasteiger partial charge in [0, 0.05) is 17.3 Å². The second kappa shape index (κ2) is 6.03. The molecule has 0 N–H and O–H groups in total. The predicted molar refractivity (Wildman–Crippen MR) is 75.7 cm³/mol. The summed E-state index contributed by atoms with van der Waals surface area (Å²) in [5.41, 5.74) is 13.3. The number of hydrogen-bond acceptors (Lipinski definition) is 2. The Morgan fingerprint density at radius 3 is 2.79 bits per heavy atom. The Hall–Kier alpha value is -2.32. The quantitative estimate of drug-likeness (QED) is 0.454. The maximum atomic E-state index is 8.78. The van der Waals surface area contributed by atoms with Crippen molar-refractivity contribution in [1.29, 1.82) is 0 Å². The zero-order chi connectivity index (χ0) is 13.7. The van der Waals surface area contributed by atoms with Gasteiger partial charge in [-0.1, -0.05) is 29.4 Å². The van der Waals surface area contributed by atoms with Gasteiger partial charge in [-0.15, -0.1) is 0 Å². The average molecular weight is 252 g/mol. The van der Waals surface area contributed by atoms with Crippen LogP contribution in [-0.2, 0) is 6.42 Å². The van der Waals surface area contributed by atoms with E-state index in [0.717, 1.165) is 11.1 Å². The lowest BCUT2D eigenvalue weighted by Gasteiger charge is -2.15. The lowest BCUT2D eigenvalue weighted by molar-refractivity contribution is 0.707. The Morgan fingerprint density at radius 1 is 1.26 bits per heavy atom. The number of nitrogens with zero attached hydrogens (tertiary/aromatic N) is 4.